The van der Waals surface area contributed by atoms with Crippen molar-refractivity contribution in [3.05, 3.63) is 35.9 Å². The van der Waals surface area contributed by atoms with Crippen molar-refractivity contribution in [2.45, 2.75) is 37.8 Å². The van der Waals surface area contributed by atoms with Crippen molar-refractivity contribution < 1.29 is 27.5 Å². The molecule has 0 aliphatic carbocycles. The van der Waals surface area contributed by atoms with Gasteiger partial charge in [0.2, 0.25) is 0 Å². The Morgan fingerprint density at radius 2 is 1.85 bits per heavy atom. The summed E-state index contributed by atoms with van der Waals surface area (Å²) in [6, 6.07) is 9.66. The number of nitrogens with one attached hydrogen (secondary N) is 1. The highest BCUT2D eigenvalue weighted by Gasteiger charge is 2.40. The second-order valence-corrected chi connectivity index (χ2v) is 6.49. The molecule has 144 valence electrons. The van der Waals surface area contributed by atoms with Gasteiger partial charge in [-0.05, 0) is 36.7 Å². The summed E-state index contributed by atoms with van der Waals surface area (Å²) < 4.78 is 41.7. The van der Waals surface area contributed by atoms with Crippen LogP contribution in [0.1, 0.15) is 37.2 Å². The Hall–Kier alpha value is -2.09. The summed E-state index contributed by atoms with van der Waals surface area (Å²) in [6.45, 7) is 0.707. The lowest BCUT2D eigenvalue weighted by Crippen LogP contribution is -2.51. The topological polar surface area (TPSA) is 58.6 Å². The number of hydrazine groups is 1. The minimum atomic E-state index is -4.88. The Morgan fingerprint density at radius 1 is 1.23 bits per heavy atom. The van der Waals surface area contributed by atoms with Crippen LogP contribution in [0.2, 0.25) is 0 Å². The van der Waals surface area contributed by atoms with E-state index in [2.05, 4.69) is 0 Å². The Bertz CT molecular complexity index is 599. The Balaban J connectivity index is 1.90. The summed E-state index contributed by atoms with van der Waals surface area (Å²) in [4.78, 5) is 22.7. The number of esters is 1. The molecule has 5 nitrogen and oxygen atoms in total. The molecular weight excluding hydrogens is 349 g/mol. The van der Waals surface area contributed by atoms with Crippen LogP contribution < -0.4 is 5.43 Å². The van der Waals surface area contributed by atoms with E-state index in [4.69, 9.17) is 4.74 Å². The predicted molar refractivity (Wildman–Crippen MR) is 88.9 cm³/mol. The second kappa shape index (κ2) is 9.02. The molecule has 1 N–H and O–H groups in total. The van der Waals surface area contributed by atoms with Gasteiger partial charge in [-0.15, -0.1) is 0 Å². The van der Waals surface area contributed by atoms with Crippen molar-refractivity contribution in [2.24, 2.45) is 5.92 Å². The average Bonchev–Trinajstić information content (AvgIpc) is 2.62. The third-order valence-corrected chi connectivity index (χ3v) is 4.66. The van der Waals surface area contributed by atoms with E-state index >= 15 is 0 Å². The molecule has 1 unspecified atom stereocenters. The van der Waals surface area contributed by atoms with Crippen LogP contribution in [0.5, 0.6) is 0 Å². The molecule has 1 aliphatic rings. The highest BCUT2D eigenvalue weighted by Crippen LogP contribution is 2.32. The fourth-order valence-electron chi connectivity index (χ4n) is 3.24. The zero-order valence-electron chi connectivity index (χ0n) is 14.6. The summed E-state index contributed by atoms with van der Waals surface area (Å²) in [5, 5.41) is 1.31. The molecule has 0 aromatic heterocycles. The Kier molecular flexibility index (Phi) is 7.02. The maximum atomic E-state index is 12.3. The second-order valence-electron chi connectivity index (χ2n) is 6.49. The van der Waals surface area contributed by atoms with Crippen molar-refractivity contribution in [2.75, 3.05) is 20.2 Å². The van der Waals surface area contributed by atoms with Crippen molar-refractivity contribution in [1.29, 1.82) is 0 Å². The van der Waals surface area contributed by atoms with E-state index in [-0.39, 0.29) is 24.2 Å². The third-order valence-electron chi connectivity index (χ3n) is 4.66. The molecule has 0 bridgehead atoms. The Labute approximate surface area is 150 Å². The lowest BCUT2D eigenvalue weighted by molar-refractivity contribution is -0.179. The molecule has 8 heteroatoms. The van der Waals surface area contributed by atoms with Gasteiger partial charge in [-0.2, -0.15) is 13.2 Å². The van der Waals surface area contributed by atoms with Gasteiger partial charge >= 0.3 is 18.1 Å². The first kappa shape index (κ1) is 20.2. The molecule has 1 aliphatic heterocycles. The minimum Gasteiger partial charge on any atom is -0.469 e. The van der Waals surface area contributed by atoms with E-state index in [1.165, 1.54) is 12.1 Å². The third kappa shape index (κ3) is 6.01. The first-order valence-electron chi connectivity index (χ1n) is 8.54. The molecular formula is C18H23F3N2O3. The van der Waals surface area contributed by atoms with Crippen molar-refractivity contribution in [3.8, 4) is 0 Å². The van der Waals surface area contributed by atoms with E-state index in [1.807, 2.05) is 35.8 Å². The normalized spacial score (nSPS) is 17.5. The van der Waals surface area contributed by atoms with Crippen LogP contribution >= 0.6 is 0 Å². The van der Waals surface area contributed by atoms with Gasteiger partial charge in [0, 0.05) is 13.1 Å². The maximum Gasteiger partial charge on any atom is 0.472 e. The first-order valence-corrected chi connectivity index (χ1v) is 8.54. The van der Waals surface area contributed by atoms with Crippen LogP contribution in [0.15, 0.2) is 30.3 Å². The number of carbonyl (C=O) groups excluding carboxylic acids is 2. The molecule has 1 fully saturated rings. The highest BCUT2D eigenvalue weighted by molar-refractivity contribution is 5.81. The van der Waals surface area contributed by atoms with Crippen molar-refractivity contribution in [3.63, 3.8) is 0 Å². The molecule has 1 atom stereocenters. The predicted octanol–water partition coefficient (Wildman–Crippen LogP) is 3.03. The number of halogens is 3. The molecule has 1 heterocycles. The molecule has 0 radical (unpaired) electrons. The SMILES string of the molecule is COC(=O)CC(CC1CCN(NC(=O)C(F)(F)F)CC1)c1ccccc1. The maximum absolute atomic E-state index is 12.3. The molecule has 2 rings (SSSR count). The highest BCUT2D eigenvalue weighted by atomic mass is 19.4. The minimum absolute atomic E-state index is 0.00460. The largest absolute Gasteiger partial charge is 0.472 e. The van der Waals surface area contributed by atoms with Gasteiger partial charge in [-0.25, -0.2) is 5.01 Å². The number of amides is 1. The zero-order chi connectivity index (χ0) is 19.2. The summed E-state index contributed by atoms with van der Waals surface area (Å²) in [7, 11) is 1.35. The number of methoxy groups -OCH3 is 1. The smallest absolute Gasteiger partial charge is 0.469 e. The van der Waals surface area contributed by atoms with Crippen LogP contribution in [-0.2, 0) is 14.3 Å². The summed E-state index contributed by atoms with van der Waals surface area (Å²) >= 11 is 0. The zero-order valence-corrected chi connectivity index (χ0v) is 14.6. The van der Waals surface area contributed by atoms with Crippen LogP contribution in [0.3, 0.4) is 0 Å². The lowest BCUT2D eigenvalue weighted by Gasteiger charge is -2.33. The van der Waals surface area contributed by atoms with Crippen LogP contribution in [0.25, 0.3) is 0 Å². The summed E-state index contributed by atoms with van der Waals surface area (Å²) in [6.07, 6.45) is -2.55. The molecule has 1 aromatic carbocycles. The fraction of sp³-hybridized carbons (Fsp3) is 0.556. The number of rotatable bonds is 6. The monoisotopic (exact) mass is 372 g/mol. The molecule has 26 heavy (non-hydrogen) atoms. The van der Waals surface area contributed by atoms with Crippen LogP contribution in [0, 0.1) is 5.92 Å². The molecule has 0 saturated carbocycles. The molecule has 1 saturated heterocycles. The van der Waals surface area contributed by atoms with Gasteiger partial charge < -0.3 is 4.74 Å². The van der Waals surface area contributed by atoms with E-state index in [0.717, 1.165) is 12.0 Å². The van der Waals surface area contributed by atoms with Crippen molar-refractivity contribution in [1.82, 2.24) is 10.4 Å². The number of hydrogen-bond acceptors (Lipinski definition) is 4. The number of benzene rings is 1. The number of alkyl halides is 3. The van der Waals surface area contributed by atoms with Gasteiger partial charge in [0.05, 0.1) is 13.5 Å². The quantitative estimate of drug-likeness (QED) is 0.780. The van der Waals surface area contributed by atoms with E-state index in [1.54, 1.807) is 0 Å². The van der Waals surface area contributed by atoms with Gasteiger partial charge in [0.25, 0.3) is 0 Å². The van der Waals surface area contributed by atoms with Gasteiger partial charge in [-0.3, -0.25) is 15.0 Å². The first-order chi connectivity index (χ1) is 12.3. The van der Waals surface area contributed by atoms with E-state index in [0.29, 0.717) is 25.9 Å². The van der Waals surface area contributed by atoms with Gasteiger partial charge in [-0.1, -0.05) is 30.3 Å². The summed E-state index contributed by atoms with van der Waals surface area (Å²) in [5.41, 5.74) is 2.95. The van der Waals surface area contributed by atoms with Crippen molar-refractivity contribution >= 4 is 11.9 Å². The molecule has 0 spiro atoms. The van der Waals surface area contributed by atoms with E-state index < -0.39 is 12.1 Å². The number of hydrogen-bond donors (Lipinski definition) is 1. The van der Waals surface area contributed by atoms with Crippen LogP contribution in [-0.4, -0.2) is 43.3 Å². The number of nitrogens with zero attached hydrogens (tertiary/aromatic N) is 1. The fourth-order valence-corrected chi connectivity index (χ4v) is 3.24. The summed E-state index contributed by atoms with van der Waals surface area (Å²) in [5.74, 6) is -1.95. The standard InChI is InChI=1S/C18H23F3N2O3/c1-26-16(24)12-15(14-5-3-2-4-6-14)11-13-7-9-23(10-8-13)22-17(25)18(19,20)21/h2-6,13,15H,7-12H2,1H3,(H,22,25). The number of carbonyl (C=O) groups is 2. The molecule has 1 aromatic rings. The Morgan fingerprint density at radius 3 is 2.38 bits per heavy atom. The molecule has 1 amide bonds. The van der Waals surface area contributed by atoms with Crippen LogP contribution in [0.4, 0.5) is 13.2 Å². The van der Waals surface area contributed by atoms with Gasteiger partial charge in [0.1, 0.15) is 0 Å². The lowest BCUT2D eigenvalue weighted by atomic mass is 9.82. The average molecular weight is 372 g/mol. The van der Waals surface area contributed by atoms with Gasteiger partial charge in [0.15, 0.2) is 0 Å². The van der Waals surface area contributed by atoms with E-state index in [9.17, 15) is 22.8 Å². The number of piperidine rings is 1. The number of ether oxygens (including phenoxy) is 1.